The van der Waals surface area contributed by atoms with Crippen molar-refractivity contribution in [1.82, 2.24) is 9.78 Å². The molecule has 96 valence electrons. The molecule has 0 amide bonds. The van der Waals surface area contributed by atoms with Crippen molar-refractivity contribution in [1.29, 1.82) is 0 Å². The zero-order chi connectivity index (χ0) is 13.3. The lowest BCUT2D eigenvalue weighted by molar-refractivity contribution is 0.194. The van der Waals surface area contributed by atoms with E-state index in [1.807, 2.05) is 25.1 Å². The van der Waals surface area contributed by atoms with Crippen LogP contribution < -0.4 is 4.74 Å². The molecule has 1 heterocycles. The number of hydrogen-bond donors (Lipinski definition) is 1. The Bertz CT molecular complexity index is 545. The van der Waals surface area contributed by atoms with E-state index in [1.54, 1.807) is 24.9 Å². The monoisotopic (exact) mass is 266 g/mol. The molecule has 0 saturated carbocycles. The third-order valence-electron chi connectivity index (χ3n) is 2.77. The number of aliphatic hydroxyl groups is 1. The first-order valence-corrected chi connectivity index (χ1v) is 5.99. The summed E-state index contributed by atoms with van der Waals surface area (Å²) in [6.45, 7) is 3.53. The maximum atomic E-state index is 9.90. The van der Waals surface area contributed by atoms with Crippen LogP contribution in [0, 0.1) is 6.92 Å². The van der Waals surface area contributed by atoms with Gasteiger partial charge in [0.05, 0.1) is 29.6 Å². The smallest absolute Gasteiger partial charge is 0.126 e. The van der Waals surface area contributed by atoms with Crippen molar-refractivity contribution in [2.75, 3.05) is 7.11 Å². The molecule has 0 fully saturated rings. The highest BCUT2D eigenvalue weighted by Gasteiger charge is 2.16. The lowest BCUT2D eigenvalue weighted by Crippen LogP contribution is -2.05. The average Bonchev–Trinajstić information content (AvgIpc) is 2.68. The van der Waals surface area contributed by atoms with Gasteiger partial charge in [-0.15, -0.1) is 0 Å². The van der Waals surface area contributed by atoms with Crippen molar-refractivity contribution >= 4 is 11.6 Å². The van der Waals surface area contributed by atoms with Gasteiger partial charge in [-0.05, 0) is 26.0 Å². The van der Waals surface area contributed by atoms with Crippen LogP contribution in [-0.2, 0) is 0 Å². The normalized spacial score (nSPS) is 12.5. The van der Waals surface area contributed by atoms with Gasteiger partial charge >= 0.3 is 0 Å². The van der Waals surface area contributed by atoms with Crippen molar-refractivity contribution in [2.45, 2.75) is 20.0 Å². The predicted octanol–water partition coefficient (Wildman–Crippen LogP) is 2.90. The summed E-state index contributed by atoms with van der Waals surface area (Å²) < 4.78 is 6.93. The molecule has 1 atom stereocenters. The van der Waals surface area contributed by atoms with Crippen molar-refractivity contribution in [3.8, 4) is 11.4 Å². The minimum absolute atomic E-state index is 0.592. The van der Waals surface area contributed by atoms with E-state index in [1.165, 1.54) is 0 Å². The summed E-state index contributed by atoms with van der Waals surface area (Å²) >= 11 is 6.01. The molecular weight excluding hydrogens is 252 g/mol. The molecule has 2 aromatic rings. The van der Waals surface area contributed by atoms with Crippen LogP contribution in [0.2, 0.25) is 5.02 Å². The van der Waals surface area contributed by atoms with Gasteiger partial charge in [0.1, 0.15) is 5.75 Å². The quantitative estimate of drug-likeness (QED) is 0.929. The van der Waals surface area contributed by atoms with Gasteiger partial charge in [-0.3, -0.25) is 0 Å². The van der Waals surface area contributed by atoms with E-state index in [-0.39, 0.29) is 0 Å². The topological polar surface area (TPSA) is 47.3 Å². The van der Waals surface area contributed by atoms with Crippen molar-refractivity contribution in [3.63, 3.8) is 0 Å². The highest BCUT2D eigenvalue weighted by atomic mass is 35.5. The molecule has 0 unspecified atom stereocenters. The van der Waals surface area contributed by atoms with Crippen LogP contribution in [0.4, 0.5) is 0 Å². The molecule has 18 heavy (non-hydrogen) atoms. The second kappa shape index (κ2) is 5.00. The number of methoxy groups -OCH3 is 1. The Morgan fingerprint density at radius 3 is 2.67 bits per heavy atom. The maximum Gasteiger partial charge on any atom is 0.126 e. The Morgan fingerprint density at radius 1 is 1.44 bits per heavy atom. The van der Waals surface area contributed by atoms with Gasteiger partial charge in [0, 0.05) is 11.8 Å². The zero-order valence-electron chi connectivity index (χ0n) is 10.5. The Morgan fingerprint density at radius 2 is 2.17 bits per heavy atom. The van der Waals surface area contributed by atoms with Crippen molar-refractivity contribution in [3.05, 3.63) is 40.7 Å². The third-order valence-corrected chi connectivity index (χ3v) is 3.14. The first-order valence-electron chi connectivity index (χ1n) is 5.61. The fourth-order valence-electron chi connectivity index (χ4n) is 1.89. The van der Waals surface area contributed by atoms with Crippen LogP contribution in [0.3, 0.4) is 0 Å². The number of hydrogen-bond acceptors (Lipinski definition) is 3. The molecule has 0 aliphatic heterocycles. The number of aryl methyl sites for hydroxylation is 1. The molecule has 0 aliphatic rings. The highest BCUT2D eigenvalue weighted by molar-refractivity contribution is 6.31. The van der Waals surface area contributed by atoms with Gasteiger partial charge in [-0.2, -0.15) is 5.10 Å². The molecule has 2 rings (SSSR count). The van der Waals surface area contributed by atoms with Crippen molar-refractivity contribution in [2.24, 2.45) is 0 Å². The van der Waals surface area contributed by atoms with E-state index >= 15 is 0 Å². The van der Waals surface area contributed by atoms with E-state index in [4.69, 9.17) is 16.3 Å². The van der Waals surface area contributed by atoms with Crippen LogP contribution in [0.25, 0.3) is 5.69 Å². The third kappa shape index (κ3) is 2.21. The minimum Gasteiger partial charge on any atom is -0.496 e. The standard InChI is InChI=1S/C13H15ClN2O2/c1-8-10(14)7-16(15-8)11-5-4-6-12(18-3)13(11)9(2)17/h4-7,9,17H,1-3H3/t9-/m0/s1. The first kappa shape index (κ1) is 12.9. The average molecular weight is 267 g/mol. The second-order valence-electron chi connectivity index (χ2n) is 4.08. The van der Waals surface area contributed by atoms with Crippen LogP contribution in [-0.4, -0.2) is 22.0 Å². The summed E-state index contributed by atoms with van der Waals surface area (Å²) in [5, 5.41) is 14.8. The van der Waals surface area contributed by atoms with E-state index in [0.717, 1.165) is 11.4 Å². The number of halogens is 1. The van der Waals surface area contributed by atoms with Gasteiger partial charge in [-0.25, -0.2) is 4.68 Å². The van der Waals surface area contributed by atoms with Gasteiger partial charge in [0.15, 0.2) is 0 Å². The lowest BCUT2D eigenvalue weighted by Gasteiger charge is -2.15. The molecule has 0 saturated heterocycles. The largest absolute Gasteiger partial charge is 0.496 e. The van der Waals surface area contributed by atoms with Crippen molar-refractivity contribution < 1.29 is 9.84 Å². The summed E-state index contributed by atoms with van der Waals surface area (Å²) in [4.78, 5) is 0. The number of rotatable bonds is 3. The predicted molar refractivity (Wildman–Crippen MR) is 70.5 cm³/mol. The number of nitrogens with zero attached hydrogens (tertiary/aromatic N) is 2. The minimum atomic E-state index is -0.653. The van der Waals surface area contributed by atoms with Gasteiger partial charge in [-0.1, -0.05) is 17.7 Å². The first-order chi connectivity index (χ1) is 8.54. The van der Waals surface area contributed by atoms with E-state index in [2.05, 4.69) is 5.10 Å². The van der Waals surface area contributed by atoms with Crippen LogP contribution in [0.5, 0.6) is 5.75 Å². The number of benzene rings is 1. The summed E-state index contributed by atoms with van der Waals surface area (Å²) in [5.41, 5.74) is 2.20. The van der Waals surface area contributed by atoms with Gasteiger partial charge in [0.2, 0.25) is 0 Å². The van der Waals surface area contributed by atoms with E-state index in [9.17, 15) is 5.11 Å². The molecule has 1 aromatic heterocycles. The zero-order valence-corrected chi connectivity index (χ0v) is 11.3. The fourth-order valence-corrected chi connectivity index (χ4v) is 2.02. The molecule has 0 bridgehead atoms. The number of aromatic nitrogens is 2. The molecule has 0 aliphatic carbocycles. The molecule has 5 heteroatoms. The Labute approximate surface area is 111 Å². The molecule has 4 nitrogen and oxygen atoms in total. The maximum absolute atomic E-state index is 9.90. The van der Waals surface area contributed by atoms with E-state index < -0.39 is 6.10 Å². The summed E-state index contributed by atoms with van der Waals surface area (Å²) in [7, 11) is 1.58. The SMILES string of the molecule is COc1cccc(-n2cc(Cl)c(C)n2)c1[C@H](C)O. The number of aliphatic hydroxyl groups excluding tert-OH is 1. The summed E-state index contributed by atoms with van der Waals surface area (Å²) in [6, 6.07) is 5.53. The number of ether oxygens (including phenoxy) is 1. The summed E-state index contributed by atoms with van der Waals surface area (Å²) in [5.74, 6) is 0.631. The Kier molecular flexibility index (Phi) is 3.59. The van der Waals surface area contributed by atoms with Crippen LogP contribution in [0.15, 0.2) is 24.4 Å². The van der Waals surface area contributed by atoms with Gasteiger partial charge < -0.3 is 9.84 Å². The van der Waals surface area contributed by atoms with Crippen LogP contribution in [0.1, 0.15) is 24.3 Å². The molecule has 0 spiro atoms. The van der Waals surface area contributed by atoms with Crippen LogP contribution >= 0.6 is 11.6 Å². The Balaban J connectivity index is 2.63. The van der Waals surface area contributed by atoms with Gasteiger partial charge in [0.25, 0.3) is 0 Å². The fraction of sp³-hybridized carbons (Fsp3) is 0.308. The lowest BCUT2D eigenvalue weighted by atomic mass is 10.1. The highest BCUT2D eigenvalue weighted by Crippen LogP contribution is 2.31. The second-order valence-corrected chi connectivity index (χ2v) is 4.48. The molecule has 1 aromatic carbocycles. The van der Waals surface area contributed by atoms with E-state index in [0.29, 0.717) is 16.3 Å². The molecule has 1 N–H and O–H groups in total. The Hall–Kier alpha value is -1.52. The summed E-state index contributed by atoms with van der Waals surface area (Å²) in [6.07, 6.45) is 1.07. The molecular formula is C13H15ClN2O2. The molecule has 0 radical (unpaired) electrons.